The molecule has 1 aromatic heterocycles. The quantitative estimate of drug-likeness (QED) is 0.387. The summed E-state index contributed by atoms with van der Waals surface area (Å²) in [6, 6.07) is 22.9. The summed E-state index contributed by atoms with van der Waals surface area (Å²) in [5, 5.41) is 2.13. The van der Waals surface area contributed by atoms with Gasteiger partial charge in [-0.2, -0.15) is 35.2 Å². The molecule has 0 aliphatic heterocycles. The van der Waals surface area contributed by atoms with Crippen molar-refractivity contribution >= 4 is 27.5 Å². The molecule has 2 nitrogen and oxygen atoms in total. The van der Waals surface area contributed by atoms with Crippen molar-refractivity contribution < 1.29 is 32.7 Å². The Kier molecular flexibility index (Phi) is 4.59. The zero-order chi connectivity index (χ0) is 16.0. The van der Waals surface area contributed by atoms with Gasteiger partial charge < -0.3 is 4.57 Å². The molecule has 0 atom stereocenters. The monoisotopic (exact) mass is 383 g/mol. The van der Waals surface area contributed by atoms with Crippen LogP contribution >= 0.6 is 0 Å². The molecule has 113 valence electrons. The molecule has 0 N–H and O–H groups in total. The Balaban J connectivity index is 0.00000169. The van der Waals surface area contributed by atoms with Crippen LogP contribution in [0.4, 0.5) is 5.69 Å². The van der Waals surface area contributed by atoms with Crippen molar-refractivity contribution in [2.75, 3.05) is 0 Å². The maximum atomic E-state index is 7.61. The third-order valence-corrected chi connectivity index (χ3v) is 4.34. The molecule has 4 aromatic rings. The van der Waals surface area contributed by atoms with Crippen LogP contribution in [0.1, 0.15) is 5.56 Å². The van der Waals surface area contributed by atoms with Gasteiger partial charge in [0.05, 0.1) is 0 Å². The van der Waals surface area contributed by atoms with E-state index in [2.05, 4.69) is 33.7 Å². The molecule has 0 unspecified atom stereocenters. The first-order valence-electron chi connectivity index (χ1n) is 7.50. The van der Waals surface area contributed by atoms with Gasteiger partial charge in [-0.05, 0) is 11.5 Å². The van der Waals surface area contributed by atoms with Gasteiger partial charge in [0.25, 0.3) is 0 Å². The molecular weight excluding hydrogens is 369 g/mol. The van der Waals surface area contributed by atoms with Crippen molar-refractivity contribution in [1.82, 2.24) is 4.57 Å². The summed E-state index contributed by atoms with van der Waals surface area (Å²) >= 11 is 0. The molecule has 0 saturated heterocycles. The van der Waals surface area contributed by atoms with E-state index in [0.29, 0.717) is 5.69 Å². The Morgan fingerprint density at radius 1 is 1.08 bits per heavy atom. The van der Waals surface area contributed by atoms with Crippen LogP contribution in [-0.4, -0.2) is 4.57 Å². The van der Waals surface area contributed by atoms with Gasteiger partial charge in [0.1, 0.15) is 6.57 Å². The SMILES string of the molecule is [C-]#[N+]c1c(C)[c-]c(-c2[c-]cccc2)c2c1c1ccccc1n2C.[Y]. The van der Waals surface area contributed by atoms with E-state index >= 15 is 0 Å². The largest absolute Gasteiger partial charge is 0.392 e. The average Bonchev–Trinajstić information content (AvgIpc) is 2.89. The van der Waals surface area contributed by atoms with Crippen LogP contribution in [0.3, 0.4) is 0 Å². The molecule has 0 aliphatic rings. The first-order valence-corrected chi connectivity index (χ1v) is 7.50. The molecule has 1 radical (unpaired) electrons. The second kappa shape index (κ2) is 6.51. The molecule has 4 rings (SSSR count). The van der Waals surface area contributed by atoms with Gasteiger partial charge in [0.2, 0.25) is 5.69 Å². The van der Waals surface area contributed by atoms with Crippen LogP contribution in [0.15, 0.2) is 48.5 Å². The molecule has 3 aromatic carbocycles. The topological polar surface area (TPSA) is 9.29 Å². The van der Waals surface area contributed by atoms with Crippen molar-refractivity contribution in [2.45, 2.75) is 6.92 Å². The van der Waals surface area contributed by atoms with Crippen molar-refractivity contribution in [3.63, 3.8) is 0 Å². The Labute approximate surface area is 166 Å². The fraction of sp³-hybridized carbons (Fsp3) is 0.0952. The minimum absolute atomic E-state index is 0. The normalized spacial score (nSPS) is 10.5. The van der Waals surface area contributed by atoms with Gasteiger partial charge in [0.15, 0.2) is 0 Å². The number of hydrogen-bond acceptors (Lipinski definition) is 0. The third kappa shape index (κ3) is 2.40. The van der Waals surface area contributed by atoms with Gasteiger partial charge in [0, 0.05) is 50.7 Å². The molecule has 0 saturated carbocycles. The average molecular weight is 383 g/mol. The van der Waals surface area contributed by atoms with E-state index in [9.17, 15) is 0 Å². The number of fused-ring (bicyclic) bond motifs is 3. The zero-order valence-electron chi connectivity index (χ0n) is 13.6. The number of aryl methyl sites for hydroxylation is 2. The molecule has 0 amide bonds. The molecule has 0 bridgehead atoms. The Hall–Kier alpha value is -1.95. The van der Waals surface area contributed by atoms with Gasteiger partial charge in [-0.1, -0.05) is 36.2 Å². The Morgan fingerprint density at radius 3 is 2.54 bits per heavy atom. The van der Waals surface area contributed by atoms with Crippen LogP contribution in [0.25, 0.3) is 37.8 Å². The summed E-state index contributed by atoms with van der Waals surface area (Å²) in [6.07, 6.45) is 0. The number of rotatable bonds is 1. The van der Waals surface area contributed by atoms with Gasteiger partial charge >= 0.3 is 0 Å². The number of benzene rings is 3. The van der Waals surface area contributed by atoms with E-state index in [1.807, 2.05) is 50.4 Å². The standard InChI is InChI=1S/C21H14N2.Y/c1-14-13-17(15-9-5-4-6-10-15)21-19(20(14)22-2)16-11-7-8-12-18(16)23(21)3;/h4-9,11-12H,1,3H3;/q-2;. The van der Waals surface area contributed by atoms with Crippen molar-refractivity contribution in [3.8, 4) is 11.1 Å². The third-order valence-electron chi connectivity index (χ3n) is 4.34. The summed E-state index contributed by atoms with van der Waals surface area (Å²) in [5.41, 5.74) is 5.76. The smallest absolute Gasteiger partial charge is 0.246 e. The summed E-state index contributed by atoms with van der Waals surface area (Å²) in [7, 11) is 2.05. The summed E-state index contributed by atoms with van der Waals surface area (Å²) in [6.45, 7) is 9.57. The predicted octanol–water partition coefficient (Wildman–Crippen LogP) is 5.46. The van der Waals surface area contributed by atoms with Crippen LogP contribution in [0.5, 0.6) is 0 Å². The number of hydrogen-bond donors (Lipinski definition) is 0. The molecule has 0 fully saturated rings. The summed E-state index contributed by atoms with van der Waals surface area (Å²) in [4.78, 5) is 3.79. The maximum absolute atomic E-state index is 7.61. The van der Waals surface area contributed by atoms with Crippen LogP contribution < -0.4 is 0 Å². The molecule has 3 heteroatoms. The molecule has 0 aliphatic carbocycles. The van der Waals surface area contributed by atoms with Gasteiger partial charge in [-0.3, -0.25) is 0 Å². The number of para-hydroxylation sites is 1. The van der Waals surface area contributed by atoms with Gasteiger partial charge in [-0.25, -0.2) is 11.1 Å². The van der Waals surface area contributed by atoms with E-state index in [1.165, 1.54) is 0 Å². The maximum Gasteiger partial charge on any atom is 0.246 e. The molecular formula is C21H14N2Y-2. The van der Waals surface area contributed by atoms with Crippen molar-refractivity contribution in [2.24, 2.45) is 7.05 Å². The molecule has 0 spiro atoms. The number of nitrogens with zero attached hydrogens (tertiary/aromatic N) is 2. The van der Waals surface area contributed by atoms with Gasteiger partial charge in [-0.15, -0.1) is 6.07 Å². The van der Waals surface area contributed by atoms with Crippen LogP contribution in [0.2, 0.25) is 0 Å². The molecule has 1 heterocycles. The summed E-state index contributed by atoms with van der Waals surface area (Å²) in [5.74, 6) is 0. The minimum atomic E-state index is 0. The fourth-order valence-electron chi connectivity index (χ4n) is 3.30. The van der Waals surface area contributed by atoms with Crippen LogP contribution in [0, 0.1) is 25.6 Å². The van der Waals surface area contributed by atoms with E-state index in [1.54, 1.807) is 0 Å². The second-order valence-corrected chi connectivity index (χ2v) is 5.66. The predicted molar refractivity (Wildman–Crippen MR) is 94.5 cm³/mol. The van der Waals surface area contributed by atoms with E-state index in [-0.39, 0.29) is 32.7 Å². The van der Waals surface area contributed by atoms with Crippen molar-refractivity contribution in [3.05, 3.63) is 77.6 Å². The molecule has 24 heavy (non-hydrogen) atoms. The first-order chi connectivity index (χ1) is 11.2. The van der Waals surface area contributed by atoms with Crippen molar-refractivity contribution in [1.29, 1.82) is 0 Å². The van der Waals surface area contributed by atoms with E-state index in [0.717, 1.165) is 38.5 Å². The minimum Gasteiger partial charge on any atom is -0.392 e. The fourth-order valence-corrected chi connectivity index (χ4v) is 3.30. The second-order valence-electron chi connectivity index (χ2n) is 5.66. The van der Waals surface area contributed by atoms with E-state index in [4.69, 9.17) is 6.57 Å². The Bertz CT molecular complexity index is 1090. The Morgan fingerprint density at radius 2 is 1.83 bits per heavy atom. The number of aromatic nitrogens is 1. The van der Waals surface area contributed by atoms with Crippen LogP contribution in [-0.2, 0) is 39.8 Å². The zero-order valence-corrected chi connectivity index (χ0v) is 16.4. The summed E-state index contributed by atoms with van der Waals surface area (Å²) < 4.78 is 2.16. The van der Waals surface area contributed by atoms with E-state index < -0.39 is 0 Å². The first kappa shape index (κ1) is 16.9.